The van der Waals surface area contributed by atoms with Gasteiger partial charge in [0.1, 0.15) is 22.3 Å². The topological polar surface area (TPSA) is 49.8 Å². The van der Waals surface area contributed by atoms with Gasteiger partial charge in [-0.05, 0) is 73.9 Å². The Labute approximate surface area is 236 Å². The summed E-state index contributed by atoms with van der Waals surface area (Å²) in [6, 6.07) is 36.6. The summed E-state index contributed by atoms with van der Waals surface area (Å²) in [6.07, 6.45) is 3.66. The van der Waals surface area contributed by atoms with E-state index in [1.54, 1.807) is 0 Å². The molecule has 0 aliphatic carbocycles. The summed E-state index contributed by atoms with van der Waals surface area (Å²) in [5, 5.41) is 3.04. The molecule has 8 rings (SSSR count). The number of anilines is 4. The zero-order valence-electron chi connectivity index (χ0n) is 22.5. The van der Waals surface area contributed by atoms with E-state index in [0.29, 0.717) is 27.5 Å². The molecule has 1 aliphatic heterocycles. The second-order valence-electron chi connectivity index (χ2n) is 10.8. The molecule has 5 aromatic carbocycles. The molecule has 3 heterocycles. The van der Waals surface area contributed by atoms with E-state index in [-0.39, 0.29) is 5.43 Å². The second-order valence-corrected chi connectivity index (χ2v) is 10.8. The van der Waals surface area contributed by atoms with E-state index in [9.17, 15) is 4.79 Å². The van der Waals surface area contributed by atoms with Crippen LogP contribution in [0.2, 0.25) is 0 Å². The van der Waals surface area contributed by atoms with Crippen LogP contribution in [0.5, 0.6) is 0 Å². The molecule has 0 unspecified atom stereocenters. The number of hydrogen-bond donors (Lipinski definition) is 0. The predicted octanol–water partition coefficient (Wildman–Crippen LogP) is 9.31. The third kappa shape index (κ3) is 4.04. The molecule has 0 atom stereocenters. The standard InChI is InChI=1S/C36H28N2O3/c39-36-29-17-14-26(37-18-8-3-9-19-37)20-33(29)41-35-23-34-30(22-31(35)36)28-16-15-27(21-32(28)40-34)38(24-10-4-1-5-11-24)25-12-6-2-7-13-25/h1-2,4-7,10-17,20-23H,3,8-9,18-19H2. The van der Waals surface area contributed by atoms with E-state index in [1.165, 1.54) is 19.3 Å². The van der Waals surface area contributed by atoms with E-state index >= 15 is 0 Å². The fraction of sp³-hybridized carbons (Fsp3) is 0.139. The van der Waals surface area contributed by atoms with Crippen molar-refractivity contribution in [3.05, 3.63) is 119 Å². The van der Waals surface area contributed by atoms with E-state index < -0.39 is 0 Å². The Morgan fingerprint density at radius 2 is 1.12 bits per heavy atom. The predicted molar refractivity (Wildman–Crippen MR) is 168 cm³/mol. The summed E-state index contributed by atoms with van der Waals surface area (Å²) in [6.45, 7) is 2.08. The number of nitrogens with zero attached hydrogens (tertiary/aromatic N) is 2. The van der Waals surface area contributed by atoms with Gasteiger partial charge in [0.05, 0.1) is 10.8 Å². The molecule has 1 fully saturated rings. The maximum atomic E-state index is 13.6. The van der Waals surface area contributed by atoms with Crippen molar-refractivity contribution in [2.75, 3.05) is 22.9 Å². The summed E-state index contributed by atoms with van der Waals surface area (Å²) in [4.78, 5) is 18.2. The van der Waals surface area contributed by atoms with Gasteiger partial charge in [0.2, 0.25) is 5.43 Å². The van der Waals surface area contributed by atoms with Crippen LogP contribution in [0.1, 0.15) is 19.3 Å². The van der Waals surface area contributed by atoms with Gasteiger partial charge in [-0.25, -0.2) is 0 Å². The molecule has 7 aromatic rings. The number of benzene rings is 5. The summed E-state index contributed by atoms with van der Waals surface area (Å²) in [5.74, 6) is 0. The number of rotatable bonds is 4. The van der Waals surface area contributed by atoms with Crippen LogP contribution in [-0.4, -0.2) is 13.1 Å². The molecule has 0 radical (unpaired) electrons. The van der Waals surface area contributed by atoms with Crippen LogP contribution < -0.4 is 15.2 Å². The van der Waals surface area contributed by atoms with E-state index in [1.807, 2.05) is 60.7 Å². The first kappa shape index (κ1) is 23.8. The van der Waals surface area contributed by atoms with Gasteiger partial charge in [-0.3, -0.25) is 4.79 Å². The van der Waals surface area contributed by atoms with Gasteiger partial charge in [-0.2, -0.15) is 0 Å². The quantitative estimate of drug-likeness (QED) is 0.210. The van der Waals surface area contributed by atoms with Gasteiger partial charge in [-0.15, -0.1) is 0 Å². The lowest BCUT2D eigenvalue weighted by molar-refractivity contribution is 0.577. The van der Waals surface area contributed by atoms with Crippen molar-refractivity contribution in [2.24, 2.45) is 0 Å². The molecule has 41 heavy (non-hydrogen) atoms. The summed E-state index contributed by atoms with van der Waals surface area (Å²) >= 11 is 0. The normalized spacial score (nSPS) is 13.9. The van der Waals surface area contributed by atoms with Crippen LogP contribution in [0.3, 0.4) is 0 Å². The van der Waals surface area contributed by atoms with Crippen molar-refractivity contribution in [2.45, 2.75) is 19.3 Å². The van der Waals surface area contributed by atoms with Crippen LogP contribution in [0, 0.1) is 0 Å². The number of fused-ring (bicyclic) bond motifs is 5. The molecular weight excluding hydrogens is 508 g/mol. The van der Waals surface area contributed by atoms with Gasteiger partial charge in [0.15, 0.2) is 0 Å². The van der Waals surface area contributed by atoms with Crippen molar-refractivity contribution < 1.29 is 8.83 Å². The highest BCUT2D eigenvalue weighted by molar-refractivity contribution is 6.11. The average Bonchev–Trinajstić information content (AvgIpc) is 3.38. The molecule has 200 valence electrons. The Kier molecular flexibility index (Phi) is 5.55. The molecule has 0 amide bonds. The lowest BCUT2D eigenvalue weighted by atomic mass is 10.1. The summed E-state index contributed by atoms with van der Waals surface area (Å²) < 4.78 is 12.7. The lowest BCUT2D eigenvalue weighted by Crippen LogP contribution is -2.29. The first-order chi connectivity index (χ1) is 20.2. The molecule has 1 saturated heterocycles. The fourth-order valence-electron chi connectivity index (χ4n) is 6.19. The van der Waals surface area contributed by atoms with Crippen LogP contribution in [-0.2, 0) is 0 Å². The van der Waals surface area contributed by atoms with Gasteiger partial charge >= 0.3 is 0 Å². The van der Waals surface area contributed by atoms with E-state index in [2.05, 4.69) is 58.3 Å². The van der Waals surface area contributed by atoms with Crippen LogP contribution in [0.4, 0.5) is 22.7 Å². The molecular formula is C36H28N2O3. The highest BCUT2D eigenvalue weighted by atomic mass is 16.3. The molecule has 0 spiro atoms. The minimum absolute atomic E-state index is 0.0151. The minimum atomic E-state index is -0.0151. The van der Waals surface area contributed by atoms with Gasteiger partial charge < -0.3 is 18.6 Å². The van der Waals surface area contributed by atoms with Crippen molar-refractivity contribution >= 4 is 66.6 Å². The Hall–Kier alpha value is -5.03. The van der Waals surface area contributed by atoms with E-state index in [4.69, 9.17) is 8.83 Å². The summed E-state index contributed by atoms with van der Waals surface area (Å²) in [5.41, 5.74) is 6.82. The smallest absolute Gasteiger partial charge is 0.200 e. The fourth-order valence-corrected chi connectivity index (χ4v) is 6.19. The number of para-hydroxylation sites is 2. The zero-order valence-corrected chi connectivity index (χ0v) is 22.5. The van der Waals surface area contributed by atoms with Crippen molar-refractivity contribution in [3.8, 4) is 0 Å². The monoisotopic (exact) mass is 536 g/mol. The maximum absolute atomic E-state index is 13.6. The second kappa shape index (κ2) is 9.56. The number of furan rings is 1. The first-order valence-electron chi connectivity index (χ1n) is 14.2. The Balaban J connectivity index is 1.27. The highest BCUT2D eigenvalue weighted by Gasteiger charge is 2.18. The first-order valence-corrected chi connectivity index (χ1v) is 14.2. The minimum Gasteiger partial charge on any atom is -0.456 e. The molecule has 5 nitrogen and oxygen atoms in total. The van der Waals surface area contributed by atoms with Gasteiger partial charge in [-0.1, -0.05) is 36.4 Å². The number of piperidine rings is 1. The molecule has 0 N–H and O–H groups in total. The van der Waals surface area contributed by atoms with Gasteiger partial charge in [0.25, 0.3) is 0 Å². The molecule has 2 aromatic heterocycles. The van der Waals surface area contributed by atoms with Crippen LogP contribution in [0.15, 0.2) is 123 Å². The van der Waals surface area contributed by atoms with Crippen LogP contribution >= 0.6 is 0 Å². The lowest BCUT2D eigenvalue weighted by Gasteiger charge is -2.28. The van der Waals surface area contributed by atoms with Crippen LogP contribution in [0.25, 0.3) is 43.9 Å². The number of hydrogen-bond acceptors (Lipinski definition) is 5. The Bertz CT molecular complexity index is 2070. The molecule has 5 heteroatoms. The van der Waals surface area contributed by atoms with E-state index in [0.717, 1.165) is 52.2 Å². The third-order valence-corrected chi connectivity index (χ3v) is 8.24. The van der Waals surface area contributed by atoms with Crippen molar-refractivity contribution in [1.29, 1.82) is 0 Å². The zero-order chi connectivity index (χ0) is 27.3. The summed E-state index contributed by atoms with van der Waals surface area (Å²) in [7, 11) is 0. The van der Waals surface area contributed by atoms with Gasteiger partial charge in [0, 0.05) is 64.8 Å². The van der Waals surface area contributed by atoms with Crippen molar-refractivity contribution in [1.82, 2.24) is 0 Å². The SMILES string of the molecule is O=c1c2ccc(N3CCCCC3)cc2oc2cc3oc4cc(N(c5ccccc5)c5ccccc5)ccc4c3cc12. The Morgan fingerprint density at radius 1 is 0.512 bits per heavy atom. The largest absolute Gasteiger partial charge is 0.456 e. The van der Waals surface area contributed by atoms with Crippen molar-refractivity contribution in [3.63, 3.8) is 0 Å². The average molecular weight is 537 g/mol. The Morgan fingerprint density at radius 3 is 1.83 bits per heavy atom. The third-order valence-electron chi connectivity index (χ3n) is 8.24. The maximum Gasteiger partial charge on any atom is 0.200 e. The molecule has 1 aliphatic rings. The highest BCUT2D eigenvalue weighted by Crippen LogP contribution is 2.39. The molecule has 0 bridgehead atoms. The molecule has 0 saturated carbocycles.